The summed E-state index contributed by atoms with van der Waals surface area (Å²) < 4.78 is 0. The van der Waals surface area contributed by atoms with E-state index in [1.807, 2.05) is 30.3 Å². The van der Waals surface area contributed by atoms with Crippen LogP contribution in [0.3, 0.4) is 0 Å². The van der Waals surface area contributed by atoms with Crippen LogP contribution in [0.5, 0.6) is 0 Å². The van der Waals surface area contributed by atoms with E-state index in [9.17, 15) is 4.79 Å². The maximum absolute atomic E-state index is 12.1. The number of hydrogen-bond acceptors (Lipinski definition) is 1. The molecule has 0 aromatic heterocycles. The van der Waals surface area contributed by atoms with Crippen LogP contribution in [0.4, 0.5) is 5.69 Å². The summed E-state index contributed by atoms with van der Waals surface area (Å²) in [7, 11) is 0. The van der Waals surface area contributed by atoms with Crippen molar-refractivity contribution in [2.24, 2.45) is 5.92 Å². The molecular formula is C16H14ClNO. The molecule has 0 unspecified atom stereocenters. The van der Waals surface area contributed by atoms with Crippen LogP contribution >= 0.6 is 11.6 Å². The zero-order valence-electron chi connectivity index (χ0n) is 10.3. The number of rotatable bonds is 3. The molecule has 0 spiro atoms. The molecule has 3 rings (SSSR count). The fourth-order valence-corrected chi connectivity index (χ4v) is 2.45. The third-order valence-electron chi connectivity index (χ3n) is 3.47. The first-order valence-corrected chi connectivity index (χ1v) is 6.73. The molecule has 19 heavy (non-hydrogen) atoms. The Morgan fingerprint density at radius 2 is 1.74 bits per heavy atom. The zero-order valence-corrected chi connectivity index (χ0v) is 11.1. The Hall–Kier alpha value is -1.80. The number of amides is 1. The monoisotopic (exact) mass is 271 g/mol. The maximum atomic E-state index is 12.1. The first kappa shape index (κ1) is 12.2. The molecule has 0 saturated heterocycles. The Bertz CT molecular complexity index is 579. The fourth-order valence-electron chi connectivity index (χ4n) is 2.32. The molecular weight excluding hydrogens is 258 g/mol. The van der Waals surface area contributed by atoms with Crippen LogP contribution in [0, 0.1) is 5.92 Å². The molecule has 0 heterocycles. The van der Waals surface area contributed by atoms with Crippen LogP contribution in [-0.4, -0.2) is 5.91 Å². The molecule has 1 fully saturated rings. The molecule has 96 valence electrons. The number of carbonyl (C=O) groups is 1. The Morgan fingerprint density at radius 1 is 1.05 bits per heavy atom. The fraction of sp³-hybridized carbons (Fsp3) is 0.188. The van der Waals surface area contributed by atoms with E-state index in [2.05, 4.69) is 17.4 Å². The van der Waals surface area contributed by atoms with Crippen LogP contribution in [-0.2, 0) is 4.79 Å². The van der Waals surface area contributed by atoms with Gasteiger partial charge in [-0.15, -0.1) is 0 Å². The van der Waals surface area contributed by atoms with E-state index >= 15 is 0 Å². The average Bonchev–Trinajstić information content (AvgIpc) is 3.23. The van der Waals surface area contributed by atoms with Crippen LogP contribution in [0.25, 0.3) is 0 Å². The van der Waals surface area contributed by atoms with Gasteiger partial charge in [-0.1, -0.05) is 41.9 Å². The van der Waals surface area contributed by atoms with Gasteiger partial charge in [0.25, 0.3) is 0 Å². The smallest absolute Gasteiger partial charge is 0.228 e. The van der Waals surface area contributed by atoms with Crippen molar-refractivity contribution in [2.45, 2.75) is 12.3 Å². The van der Waals surface area contributed by atoms with Gasteiger partial charge >= 0.3 is 0 Å². The minimum absolute atomic E-state index is 0.0937. The summed E-state index contributed by atoms with van der Waals surface area (Å²) in [5.74, 6) is 0.558. The third-order valence-corrected chi connectivity index (χ3v) is 3.72. The molecule has 2 atom stereocenters. The van der Waals surface area contributed by atoms with Crippen molar-refractivity contribution in [1.29, 1.82) is 0 Å². The Labute approximate surface area is 117 Å². The normalized spacial score (nSPS) is 20.9. The van der Waals surface area contributed by atoms with Gasteiger partial charge in [0.05, 0.1) is 0 Å². The Balaban J connectivity index is 1.63. The number of hydrogen-bond donors (Lipinski definition) is 1. The quantitative estimate of drug-likeness (QED) is 0.895. The highest BCUT2D eigenvalue weighted by molar-refractivity contribution is 6.30. The Morgan fingerprint density at radius 3 is 2.42 bits per heavy atom. The molecule has 0 bridgehead atoms. The van der Waals surface area contributed by atoms with E-state index in [-0.39, 0.29) is 11.8 Å². The van der Waals surface area contributed by atoms with E-state index in [0.717, 1.165) is 12.1 Å². The van der Waals surface area contributed by atoms with Gasteiger partial charge in [0, 0.05) is 16.6 Å². The number of benzene rings is 2. The molecule has 2 aromatic rings. The first-order valence-electron chi connectivity index (χ1n) is 6.35. The van der Waals surface area contributed by atoms with Gasteiger partial charge in [-0.05, 0) is 42.2 Å². The summed E-state index contributed by atoms with van der Waals surface area (Å²) in [5, 5.41) is 3.61. The topological polar surface area (TPSA) is 29.1 Å². The summed E-state index contributed by atoms with van der Waals surface area (Å²) in [6.45, 7) is 0. The SMILES string of the molecule is O=C(Nc1ccc(Cl)cc1)[C@@H]1C[C@H]1c1ccccc1. The average molecular weight is 272 g/mol. The Kier molecular flexibility index (Phi) is 3.26. The predicted octanol–water partition coefficient (Wildman–Crippen LogP) is 4.08. The minimum Gasteiger partial charge on any atom is -0.326 e. The van der Waals surface area contributed by atoms with Crippen molar-refractivity contribution in [3.05, 3.63) is 65.2 Å². The lowest BCUT2D eigenvalue weighted by Crippen LogP contribution is -2.14. The largest absolute Gasteiger partial charge is 0.326 e. The molecule has 3 heteroatoms. The van der Waals surface area contributed by atoms with Gasteiger partial charge in [-0.2, -0.15) is 0 Å². The molecule has 2 aromatic carbocycles. The summed E-state index contributed by atoms with van der Waals surface area (Å²) in [6, 6.07) is 17.4. The van der Waals surface area contributed by atoms with Gasteiger partial charge in [0.15, 0.2) is 0 Å². The maximum Gasteiger partial charge on any atom is 0.228 e. The summed E-state index contributed by atoms with van der Waals surface area (Å²) >= 11 is 5.81. The van der Waals surface area contributed by atoms with Crippen LogP contribution in [0.15, 0.2) is 54.6 Å². The second-order valence-corrected chi connectivity index (χ2v) is 5.29. The number of anilines is 1. The molecule has 0 aliphatic heterocycles. The lowest BCUT2D eigenvalue weighted by Gasteiger charge is -2.05. The van der Waals surface area contributed by atoms with E-state index in [4.69, 9.17) is 11.6 Å². The second-order valence-electron chi connectivity index (χ2n) is 4.86. The van der Waals surface area contributed by atoms with Gasteiger partial charge in [-0.25, -0.2) is 0 Å². The molecule has 1 saturated carbocycles. The highest BCUT2D eigenvalue weighted by atomic mass is 35.5. The lowest BCUT2D eigenvalue weighted by atomic mass is 10.1. The zero-order chi connectivity index (χ0) is 13.2. The standard InChI is InChI=1S/C16H14ClNO/c17-12-6-8-13(9-7-12)18-16(19)15-10-14(15)11-4-2-1-3-5-11/h1-9,14-15H,10H2,(H,18,19)/t14-,15+/m0/s1. The van der Waals surface area contributed by atoms with Crippen molar-refractivity contribution in [1.82, 2.24) is 0 Å². The van der Waals surface area contributed by atoms with Crippen LogP contribution in [0.2, 0.25) is 5.02 Å². The number of carbonyl (C=O) groups excluding carboxylic acids is 1. The second kappa shape index (κ2) is 5.06. The lowest BCUT2D eigenvalue weighted by molar-refractivity contribution is -0.117. The van der Waals surface area contributed by atoms with Gasteiger partial charge in [0.1, 0.15) is 0 Å². The molecule has 1 N–H and O–H groups in total. The summed E-state index contributed by atoms with van der Waals surface area (Å²) in [6.07, 6.45) is 0.934. The van der Waals surface area contributed by atoms with E-state index < -0.39 is 0 Å². The van der Waals surface area contributed by atoms with E-state index in [1.54, 1.807) is 12.1 Å². The van der Waals surface area contributed by atoms with Gasteiger partial charge in [0.2, 0.25) is 5.91 Å². The molecule has 1 amide bonds. The van der Waals surface area contributed by atoms with E-state index in [0.29, 0.717) is 10.9 Å². The molecule has 1 aliphatic carbocycles. The van der Waals surface area contributed by atoms with E-state index in [1.165, 1.54) is 5.56 Å². The minimum atomic E-state index is 0.0937. The summed E-state index contributed by atoms with van der Waals surface area (Å²) in [4.78, 5) is 12.1. The first-order chi connectivity index (χ1) is 9.24. The van der Waals surface area contributed by atoms with Crippen molar-refractivity contribution in [3.8, 4) is 0 Å². The molecule has 0 radical (unpaired) electrons. The van der Waals surface area contributed by atoms with Crippen LogP contribution < -0.4 is 5.32 Å². The molecule has 2 nitrogen and oxygen atoms in total. The highest BCUT2D eigenvalue weighted by Crippen LogP contribution is 2.47. The number of nitrogens with one attached hydrogen (secondary N) is 1. The highest BCUT2D eigenvalue weighted by Gasteiger charge is 2.43. The predicted molar refractivity (Wildman–Crippen MR) is 77.4 cm³/mol. The molecule has 1 aliphatic rings. The summed E-state index contributed by atoms with van der Waals surface area (Å²) in [5.41, 5.74) is 2.05. The van der Waals surface area contributed by atoms with Gasteiger partial charge in [-0.3, -0.25) is 4.79 Å². The van der Waals surface area contributed by atoms with Crippen molar-refractivity contribution < 1.29 is 4.79 Å². The van der Waals surface area contributed by atoms with Crippen molar-refractivity contribution >= 4 is 23.2 Å². The van der Waals surface area contributed by atoms with Crippen LogP contribution in [0.1, 0.15) is 17.9 Å². The number of halogens is 1. The van der Waals surface area contributed by atoms with Gasteiger partial charge < -0.3 is 5.32 Å². The van der Waals surface area contributed by atoms with Crippen molar-refractivity contribution in [2.75, 3.05) is 5.32 Å². The third kappa shape index (κ3) is 2.79. The van der Waals surface area contributed by atoms with Crippen molar-refractivity contribution in [3.63, 3.8) is 0 Å².